The van der Waals surface area contributed by atoms with Gasteiger partial charge in [0.25, 0.3) is 0 Å². The van der Waals surface area contributed by atoms with Gasteiger partial charge in [-0.2, -0.15) is 0 Å². The molecule has 0 spiro atoms. The smallest absolute Gasteiger partial charge is 0.130 e. The fourth-order valence-corrected chi connectivity index (χ4v) is 3.83. The van der Waals surface area contributed by atoms with E-state index in [2.05, 4.69) is 15.7 Å². The summed E-state index contributed by atoms with van der Waals surface area (Å²) >= 11 is 1.65. The molecule has 0 aromatic heterocycles. The Morgan fingerprint density at radius 3 is 3.00 bits per heavy atom. The molecule has 2 heterocycles. The monoisotopic (exact) mass is 302 g/mol. The van der Waals surface area contributed by atoms with Crippen LogP contribution in [0.4, 0.5) is 10.1 Å². The van der Waals surface area contributed by atoms with Crippen molar-refractivity contribution in [2.45, 2.75) is 23.9 Å². The quantitative estimate of drug-likeness (QED) is 0.842. The molecule has 0 aliphatic carbocycles. The lowest BCUT2D eigenvalue weighted by Gasteiger charge is -2.33. The SMILES string of the molecule is Fc1cccc(Oc2ccc3c(c2)SNC2CCCN32)c1. The van der Waals surface area contributed by atoms with Gasteiger partial charge in [0.1, 0.15) is 17.3 Å². The Hall–Kier alpha value is -1.72. The molecule has 21 heavy (non-hydrogen) atoms. The highest BCUT2D eigenvalue weighted by Gasteiger charge is 2.30. The Kier molecular flexibility index (Phi) is 3.24. The van der Waals surface area contributed by atoms with E-state index in [0.29, 0.717) is 11.9 Å². The zero-order chi connectivity index (χ0) is 14.2. The fraction of sp³-hybridized carbons (Fsp3) is 0.250. The summed E-state index contributed by atoms with van der Waals surface area (Å²) < 4.78 is 22.4. The van der Waals surface area contributed by atoms with Crippen molar-refractivity contribution in [3.63, 3.8) is 0 Å². The van der Waals surface area contributed by atoms with Gasteiger partial charge in [0, 0.05) is 17.5 Å². The largest absolute Gasteiger partial charge is 0.457 e. The minimum Gasteiger partial charge on any atom is -0.457 e. The molecular weight excluding hydrogens is 287 g/mol. The molecule has 0 saturated carbocycles. The molecule has 4 rings (SSSR count). The third-order valence-corrected chi connectivity index (χ3v) is 4.77. The van der Waals surface area contributed by atoms with Gasteiger partial charge in [-0.25, -0.2) is 9.11 Å². The summed E-state index contributed by atoms with van der Waals surface area (Å²) in [5.74, 6) is 0.954. The van der Waals surface area contributed by atoms with Crippen molar-refractivity contribution in [3.05, 3.63) is 48.3 Å². The molecule has 1 saturated heterocycles. The van der Waals surface area contributed by atoms with Gasteiger partial charge < -0.3 is 9.64 Å². The lowest BCUT2D eigenvalue weighted by atomic mass is 10.2. The summed E-state index contributed by atoms with van der Waals surface area (Å²) in [5.41, 5.74) is 1.26. The molecule has 5 heteroatoms. The number of hydrogen-bond acceptors (Lipinski definition) is 4. The molecule has 0 amide bonds. The summed E-state index contributed by atoms with van der Waals surface area (Å²) in [6, 6.07) is 12.3. The Bertz CT molecular complexity index is 679. The first kappa shape index (κ1) is 13.0. The van der Waals surface area contributed by atoms with Gasteiger partial charge >= 0.3 is 0 Å². The number of hydrogen-bond donors (Lipinski definition) is 1. The molecule has 1 fully saturated rings. The van der Waals surface area contributed by atoms with Crippen LogP contribution in [0.5, 0.6) is 11.5 Å². The summed E-state index contributed by atoms with van der Waals surface area (Å²) in [6.45, 7) is 1.09. The second-order valence-corrected chi connectivity index (χ2v) is 6.14. The molecular formula is C16H15FN2OS. The van der Waals surface area contributed by atoms with Crippen LogP contribution in [-0.4, -0.2) is 12.7 Å². The molecule has 2 aromatic carbocycles. The molecule has 0 radical (unpaired) electrons. The van der Waals surface area contributed by atoms with Gasteiger partial charge in [0.15, 0.2) is 0 Å². The third-order valence-electron chi connectivity index (χ3n) is 3.83. The van der Waals surface area contributed by atoms with Crippen LogP contribution in [0.25, 0.3) is 0 Å². The van der Waals surface area contributed by atoms with E-state index in [0.717, 1.165) is 17.2 Å². The molecule has 2 aliphatic rings. The van der Waals surface area contributed by atoms with E-state index in [1.807, 2.05) is 12.1 Å². The Balaban J connectivity index is 1.61. The predicted octanol–water partition coefficient (Wildman–Crippen LogP) is 4.15. The van der Waals surface area contributed by atoms with Gasteiger partial charge in [-0.05, 0) is 55.1 Å². The molecule has 1 N–H and O–H groups in total. The van der Waals surface area contributed by atoms with Gasteiger partial charge in [-0.15, -0.1) is 0 Å². The van der Waals surface area contributed by atoms with Crippen molar-refractivity contribution in [1.29, 1.82) is 0 Å². The van der Waals surface area contributed by atoms with E-state index in [9.17, 15) is 4.39 Å². The van der Waals surface area contributed by atoms with Crippen LogP contribution in [0.2, 0.25) is 0 Å². The van der Waals surface area contributed by atoms with Crippen molar-refractivity contribution in [1.82, 2.24) is 4.72 Å². The van der Waals surface area contributed by atoms with Crippen LogP contribution >= 0.6 is 11.9 Å². The van der Waals surface area contributed by atoms with E-state index < -0.39 is 0 Å². The van der Waals surface area contributed by atoms with E-state index in [1.165, 1.54) is 30.7 Å². The van der Waals surface area contributed by atoms with Crippen LogP contribution in [-0.2, 0) is 0 Å². The number of ether oxygens (including phenoxy) is 1. The maximum Gasteiger partial charge on any atom is 0.130 e. The van der Waals surface area contributed by atoms with Crippen molar-refractivity contribution in [2.24, 2.45) is 0 Å². The summed E-state index contributed by atoms with van der Waals surface area (Å²) in [4.78, 5) is 3.56. The van der Waals surface area contributed by atoms with Crippen molar-refractivity contribution < 1.29 is 9.13 Å². The normalized spacial score (nSPS) is 20.0. The minimum atomic E-state index is -0.290. The summed E-state index contributed by atoms with van der Waals surface area (Å²) in [7, 11) is 0. The number of halogens is 1. The van der Waals surface area contributed by atoms with Gasteiger partial charge in [0.2, 0.25) is 0 Å². The fourth-order valence-electron chi connectivity index (χ4n) is 2.85. The second kappa shape index (κ2) is 5.24. The van der Waals surface area contributed by atoms with Crippen molar-refractivity contribution >= 4 is 17.6 Å². The van der Waals surface area contributed by atoms with Gasteiger partial charge in [-0.3, -0.25) is 0 Å². The van der Waals surface area contributed by atoms with E-state index >= 15 is 0 Å². The predicted molar refractivity (Wildman–Crippen MR) is 82.3 cm³/mol. The van der Waals surface area contributed by atoms with Crippen LogP contribution in [0, 0.1) is 5.82 Å². The summed E-state index contributed by atoms with van der Waals surface area (Å²) in [5, 5.41) is 0. The molecule has 1 atom stereocenters. The number of nitrogens with one attached hydrogen (secondary N) is 1. The van der Waals surface area contributed by atoms with E-state index in [-0.39, 0.29) is 5.82 Å². The van der Waals surface area contributed by atoms with Gasteiger partial charge in [-0.1, -0.05) is 6.07 Å². The van der Waals surface area contributed by atoms with Crippen LogP contribution in [0.15, 0.2) is 47.4 Å². The Morgan fingerprint density at radius 1 is 1.19 bits per heavy atom. The first-order valence-corrected chi connectivity index (χ1v) is 7.88. The maximum absolute atomic E-state index is 13.2. The average Bonchev–Trinajstić information content (AvgIpc) is 2.96. The van der Waals surface area contributed by atoms with Crippen LogP contribution in [0.1, 0.15) is 12.8 Å². The highest BCUT2D eigenvalue weighted by atomic mass is 32.2. The first-order valence-electron chi connectivity index (χ1n) is 7.06. The zero-order valence-electron chi connectivity index (χ0n) is 11.4. The molecule has 0 bridgehead atoms. The average molecular weight is 302 g/mol. The number of benzene rings is 2. The Labute approximate surface area is 127 Å². The van der Waals surface area contributed by atoms with Crippen molar-refractivity contribution in [3.8, 4) is 11.5 Å². The topological polar surface area (TPSA) is 24.5 Å². The number of anilines is 1. The molecule has 2 aliphatic heterocycles. The minimum absolute atomic E-state index is 0.290. The Morgan fingerprint density at radius 2 is 2.10 bits per heavy atom. The zero-order valence-corrected chi connectivity index (χ0v) is 12.2. The van der Waals surface area contributed by atoms with Crippen LogP contribution < -0.4 is 14.4 Å². The third kappa shape index (κ3) is 2.47. The number of nitrogens with zero attached hydrogens (tertiary/aromatic N) is 1. The van der Waals surface area contributed by atoms with Crippen LogP contribution in [0.3, 0.4) is 0 Å². The van der Waals surface area contributed by atoms with Gasteiger partial charge in [0.05, 0.1) is 11.9 Å². The first-order chi connectivity index (χ1) is 10.3. The molecule has 1 unspecified atom stereocenters. The standard InChI is InChI=1S/C16H15FN2OS/c17-11-3-1-4-12(9-11)20-13-6-7-14-15(10-13)21-18-16-5-2-8-19(14)16/h1,3-4,6-7,9-10,16,18H,2,5,8H2. The highest BCUT2D eigenvalue weighted by Crippen LogP contribution is 2.40. The number of rotatable bonds is 2. The van der Waals surface area contributed by atoms with E-state index in [1.54, 1.807) is 24.1 Å². The maximum atomic E-state index is 13.2. The number of fused-ring (bicyclic) bond motifs is 3. The molecule has 3 nitrogen and oxygen atoms in total. The second-order valence-electron chi connectivity index (χ2n) is 5.26. The molecule has 108 valence electrons. The lowest BCUT2D eigenvalue weighted by Crippen LogP contribution is -2.41. The van der Waals surface area contributed by atoms with E-state index in [4.69, 9.17) is 4.74 Å². The highest BCUT2D eigenvalue weighted by molar-refractivity contribution is 7.97. The summed E-state index contributed by atoms with van der Waals surface area (Å²) in [6.07, 6.45) is 2.85. The lowest BCUT2D eigenvalue weighted by molar-refractivity contribution is 0.475. The van der Waals surface area contributed by atoms with Crippen molar-refractivity contribution in [2.75, 3.05) is 11.4 Å². The molecule has 2 aromatic rings.